The zero-order valence-corrected chi connectivity index (χ0v) is 9.95. The molecular weight excluding hydrogens is 182 g/mol. The average Bonchev–Trinajstić information content (AvgIpc) is 2.66. The Bertz CT molecular complexity index is 298. The first kappa shape index (κ1) is 10.7. The zero-order chi connectivity index (χ0) is 10.7. The molecule has 1 heterocycles. The van der Waals surface area contributed by atoms with Gasteiger partial charge in [0.15, 0.2) is 0 Å². The molecule has 2 rings (SSSR count). The SMILES string of the molecule is CC(C[N+]1(C)CCCC1)c1ccccc1. The summed E-state index contributed by atoms with van der Waals surface area (Å²) in [5.74, 6) is 0.689. The molecule has 0 bridgehead atoms. The highest BCUT2D eigenvalue weighted by molar-refractivity contribution is 5.18. The van der Waals surface area contributed by atoms with Gasteiger partial charge < -0.3 is 4.48 Å². The van der Waals surface area contributed by atoms with E-state index in [0.29, 0.717) is 5.92 Å². The van der Waals surface area contributed by atoms with Crippen LogP contribution in [0.25, 0.3) is 0 Å². The van der Waals surface area contributed by atoms with E-state index >= 15 is 0 Å². The Morgan fingerprint density at radius 2 is 1.73 bits per heavy atom. The number of hydrogen-bond donors (Lipinski definition) is 0. The van der Waals surface area contributed by atoms with E-state index in [-0.39, 0.29) is 0 Å². The van der Waals surface area contributed by atoms with Gasteiger partial charge in [0.05, 0.1) is 26.7 Å². The topological polar surface area (TPSA) is 0 Å². The number of rotatable bonds is 3. The van der Waals surface area contributed by atoms with Gasteiger partial charge in [0.25, 0.3) is 0 Å². The van der Waals surface area contributed by atoms with Gasteiger partial charge in [-0.3, -0.25) is 0 Å². The fourth-order valence-corrected chi connectivity index (χ4v) is 2.83. The largest absolute Gasteiger partial charge is 0.326 e. The minimum Gasteiger partial charge on any atom is -0.326 e. The molecule has 1 saturated heterocycles. The van der Waals surface area contributed by atoms with Crippen molar-refractivity contribution in [3.63, 3.8) is 0 Å². The molecule has 1 aliphatic rings. The molecule has 1 atom stereocenters. The lowest BCUT2D eigenvalue weighted by Gasteiger charge is -2.32. The molecule has 0 saturated carbocycles. The van der Waals surface area contributed by atoms with Gasteiger partial charge in [-0.15, -0.1) is 0 Å². The van der Waals surface area contributed by atoms with Gasteiger partial charge in [-0.05, 0) is 5.56 Å². The zero-order valence-electron chi connectivity index (χ0n) is 9.95. The molecule has 82 valence electrons. The number of quaternary nitrogens is 1. The number of likely N-dealkylation sites (tertiary alicyclic amines) is 1. The molecule has 0 aromatic heterocycles. The number of hydrogen-bond acceptors (Lipinski definition) is 0. The summed E-state index contributed by atoms with van der Waals surface area (Å²) >= 11 is 0. The van der Waals surface area contributed by atoms with Crippen molar-refractivity contribution in [2.24, 2.45) is 0 Å². The number of nitrogens with zero attached hydrogens (tertiary/aromatic N) is 1. The average molecular weight is 204 g/mol. The van der Waals surface area contributed by atoms with Crippen molar-refractivity contribution >= 4 is 0 Å². The van der Waals surface area contributed by atoms with Gasteiger partial charge in [0.2, 0.25) is 0 Å². The monoisotopic (exact) mass is 204 g/mol. The van der Waals surface area contributed by atoms with Crippen molar-refractivity contribution < 1.29 is 4.48 Å². The van der Waals surface area contributed by atoms with Crippen molar-refractivity contribution in [1.29, 1.82) is 0 Å². The molecule has 0 N–H and O–H groups in total. The third-order valence-corrected chi connectivity index (χ3v) is 3.73. The molecule has 0 radical (unpaired) electrons. The van der Waals surface area contributed by atoms with Gasteiger partial charge in [0, 0.05) is 18.8 Å². The highest BCUT2D eigenvalue weighted by Gasteiger charge is 2.28. The van der Waals surface area contributed by atoms with Gasteiger partial charge in [-0.25, -0.2) is 0 Å². The van der Waals surface area contributed by atoms with Crippen LogP contribution in [0.2, 0.25) is 0 Å². The molecule has 1 aromatic carbocycles. The predicted molar refractivity (Wildman–Crippen MR) is 64.9 cm³/mol. The van der Waals surface area contributed by atoms with Crippen LogP contribution in [0.3, 0.4) is 0 Å². The van der Waals surface area contributed by atoms with Crippen molar-refractivity contribution in [2.45, 2.75) is 25.7 Å². The lowest BCUT2D eigenvalue weighted by atomic mass is 10.0. The quantitative estimate of drug-likeness (QED) is 0.664. The van der Waals surface area contributed by atoms with Crippen molar-refractivity contribution in [3.05, 3.63) is 35.9 Å². The summed E-state index contributed by atoms with van der Waals surface area (Å²) in [5.41, 5.74) is 1.49. The fraction of sp³-hybridized carbons (Fsp3) is 0.571. The lowest BCUT2D eigenvalue weighted by Crippen LogP contribution is -2.43. The summed E-state index contributed by atoms with van der Waals surface area (Å²) in [4.78, 5) is 0. The van der Waals surface area contributed by atoms with Crippen LogP contribution in [0.5, 0.6) is 0 Å². The maximum Gasteiger partial charge on any atom is 0.0851 e. The smallest absolute Gasteiger partial charge is 0.0851 e. The van der Waals surface area contributed by atoms with Crippen LogP contribution in [0.1, 0.15) is 31.2 Å². The van der Waals surface area contributed by atoms with Gasteiger partial charge in [-0.2, -0.15) is 0 Å². The summed E-state index contributed by atoms with van der Waals surface area (Å²) in [6.07, 6.45) is 2.83. The number of benzene rings is 1. The van der Waals surface area contributed by atoms with Crippen LogP contribution in [0, 0.1) is 0 Å². The van der Waals surface area contributed by atoms with Crippen LogP contribution in [0.4, 0.5) is 0 Å². The first-order chi connectivity index (χ1) is 7.20. The van der Waals surface area contributed by atoms with Gasteiger partial charge in [-0.1, -0.05) is 37.3 Å². The van der Waals surface area contributed by atoms with E-state index in [1.807, 2.05) is 0 Å². The number of likely N-dealkylation sites (N-methyl/N-ethyl adjacent to an activating group) is 1. The van der Waals surface area contributed by atoms with E-state index in [1.165, 1.54) is 42.5 Å². The van der Waals surface area contributed by atoms with Gasteiger partial charge >= 0.3 is 0 Å². The highest BCUT2D eigenvalue weighted by Crippen LogP contribution is 2.23. The summed E-state index contributed by atoms with van der Waals surface area (Å²) in [5, 5.41) is 0. The second-order valence-electron chi connectivity index (χ2n) is 5.27. The van der Waals surface area contributed by atoms with Crippen molar-refractivity contribution in [2.75, 3.05) is 26.7 Å². The molecule has 1 heteroatoms. The predicted octanol–water partition coefficient (Wildman–Crippen LogP) is 3.03. The Kier molecular flexibility index (Phi) is 3.11. The molecule has 1 fully saturated rings. The Morgan fingerprint density at radius 3 is 2.33 bits per heavy atom. The van der Waals surface area contributed by atoms with E-state index in [1.54, 1.807) is 0 Å². The van der Waals surface area contributed by atoms with Crippen molar-refractivity contribution in [1.82, 2.24) is 0 Å². The summed E-state index contributed by atoms with van der Waals surface area (Å²) in [7, 11) is 2.41. The lowest BCUT2D eigenvalue weighted by molar-refractivity contribution is -0.898. The third-order valence-electron chi connectivity index (χ3n) is 3.73. The van der Waals surface area contributed by atoms with Crippen LogP contribution in [-0.4, -0.2) is 31.2 Å². The highest BCUT2D eigenvalue weighted by atomic mass is 15.3. The molecule has 0 amide bonds. The standard InChI is InChI=1S/C14H22N/c1-13(14-8-4-3-5-9-14)12-15(2)10-6-7-11-15/h3-5,8-9,13H,6-7,10-12H2,1-2H3/q+1. The normalized spacial score (nSPS) is 21.5. The molecule has 15 heavy (non-hydrogen) atoms. The van der Waals surface area contributed by atoms with Crippen LogP contribution >= 0.6 is 0 Å². The maximum absolute atomic E-state index is 2.41. The molecule has 1 aromatic rings. The van der Waals surface area contributed by atoms with Crippen molar-refractivity contribution in [3.8, 4) is 0 Å². The Balaban J connectivity index is 2.00. The molecule has 0 aliphatic carbocycles. The Morgan fingerprint density at radius 1 is 1.13 bits per heavy atom. The summed E-state index contributed by atoms with van der Waals surface area (Å²) in [6.45, 7) is 6.40. The minimum atomic E-state index is 0.689. The van der Waals surface area contributed by atoms with E-state index in [0.717, 1.165) is 0 Å². The van der Waals surface area contributed by atoms with Crippen LogP contribution in [-0.2, 0) is 0 Å². The summed E-state index contributed by atoms with van der Waals surface area (Å²) in [6, 6.07) is 10.9. The molecular formula is C14H22N+. The van der Waals surface area contributed by atoms with E-state index in [9.17, 15) is 0 Å². The third kappa shape index (κ3) is 2.60. The van der Waals surface area contributed by atoms with Gasteiger partial charge in [0.1, 0.15) is 0 Å². The fourth-order valence-electron chi connectivity index (χ4n) is 2.83. The van der Waals surface area contributed by atoms with E-state index in [4.69, 9.17) is 0 Å². The van der Waals surface area contributed by atoms with Crippen LogP contribution < -0.4 is 0 Å². The van der Waals surface area contributed by atoms with E-state index in [2.05, 4.69) is 44.3 Å². The first-order valence-corrected chi connectivity index (χ1v) is 6.08. The second kappa shape index (κ2) is 4.36. The molecule has 1 unspecified atom stereocenters. The Hall–Kier alpha value is -0.820. The summed E-state index contributed by atoms with van der Waals surface area (Å²) < 4.78 is 1.27. The second-order valence-corrected chi connectivity index (χ2v) is 5.27. The minimum absolute atomic E-state index is 0.689. The molecule has 1 nitrogen and oxygen atoms in total. The Labute approximate surface area is 93.3 Å². The molecule has 1 aliphatic heterocycles. The van der Waals surface area contributed by atoms with E-state index < -0.39 is 0 Å². The molecule has 0 spiro atoms. The van der Waals surface area contributed by atoms with Crippen LogP contribution in [0.15, 0.2) is 30.3 Å². The maximum atomic E-state index is 2.41. The first-order valence-electron chi connectivity index (χ1n) is 6.08.